The van der Waals surface area contributed by atoms with Gasteiger partial charge < -0.3 is 9.80 Å². The summed E-state index contributed by atoms with van der Waals surface area (Å²) in [5.74, 6) is 0.0550. The van der Waals surface area contributed by atoms with Crippen molar-refractivity contribution < 1.29 is 4.79 Å². The molecule has 12 heavy (non-hydrogen) atoms. The molecular weight excluding hydrogens is 152 g/mol. The van der Waals surface area contributed by atoms with Gasteiger partial charge in [-0.2, -0.15) is 0 Å². The predicted molar refractivity (Wildman–Crippen MR) is 48.9 cm³/mol. The van der Waals surface area contributed by atoms with Gasteiger partial charge in [0.15, 0.2) is 0 Å². The Hall–Kier alpha value is -0.830. The molecule has 1 saturated heterocycles. The highest BCUT2D eigenvalue weighted by Gasteiger charge is 2.25. The molecular formula is C9H16N2O. The van der Waals surface area contributed by atoms with Crippen molar-refractivity contribution in [2.45, 2.75) is 12.5 Å². The van der Waals surface area contributed by atoms with Gasteiger partial charge in [0.25, 0.3) is 0 Å². The minimum absolute atomic E-state index is 0.0550. The number of amides is 1. The van der Waals surface area contributed by atoms with Gasteiger partial charge in [-0.3, -0.25) is 4.79 Å². The number of rotatable bonds is 2. The van der Waals surface area contributed by atoms with Crippen LogP contribution in [-0.2, 0) is 4.79 Å². The first kappa shape index (κ1) is 9.26. The Labute approximate surface area is 73.6 Å². The molecule has 1 heterocycles. The maximum Gasteiger partial charge on any atom is 0.246 e. The molecule has 1 aliphatic heterocycles. The molecule has 0 aromatic heterocycles. The summed E-state index contributed by atoms with van der Waals surface area (Å²) < 4.78 is 0. The Morgan fingerprint density at radius 3 is 2.75 bits per heavy atom. The van der Waals surface area contributed by atoms with E-state index in [4.69, 9.17) is 0 Å². The molecule has 0 N–H and O–H groups in total. The third-order valence-corrected chi connectivity index (χ3v) is 2.38. The summed E-state index contributed by atoms with van der Waals surface area (Å²) in [6, 6.07) is 0.522. The van der Waals surface area contributed by atoms with Gasteiger partial charge in [0, 0.05) is 19.1 Å². The summed E-state index contributed by atoms with van der Waals surface area (Å²) in [5, 5.41) is 0. The van der Waals surface area contributed by atoms with Crippen LogP contribution in [0.5, 0.6) is 0 Å². The maximum absolute atomic E-state index is 11.2. The average Bonchev–Trinajstić information content (AvgIpc) is 2.51. The second-order valence-corrected chi connectivity index (χ2v) is 3.39. The first-order valence-corrected chi connectivity index (χ1v) is 4.23. The number of nitrogens with zero attached hydrogens (tertiary/aromatic N) is 2. The van der Waals surface area contributed by atoms with Gasteiger partial charge in [-0.05, 0) is 26.6 Å². The zero-order valence-electron chi connectivity index (χ0n) is 7.79. The van der Waals surface area contributed by atoms with Crippen LogP contribution >= 0.6 is 0 Å². The normalized spacial score (nSPS) is 23.2. The van der Waals surface area contributed by atoms with Gasteiger partial charge in [0.05, 0.1) is 0 Å². The van der Waals surface area contributed by atoms with Gasteiger partial charge in [0.2, 0.25) is 5.91 Å². The van der Waals surface area contributed by atoms with Crippen LogP contribution in [0.15, 0.2) is 12.7 Å². The van der Waals surface area contributed by atoms with Crippen LogP contribution in [-0.4, -0.2) is 48.9 Å². The summed E-state index contributed by atoms with van der Waals surface area (Å²) in [6.45, 7) is 5.18. The van der Waals surface area contributed by atoms with E-state index in [-0.39, 0.29) is 5.91 Å². The molecule has 0 bridgehead atoms. The van der Waals surface area contributed by atoms with Crippen molar-refractivity contribution in [1.82, 2.24) is 9.80 Å². The quantitative estimate of drug-likeness (QED) is 0.555. The van der Waals surface area contributed by atoms with Crippen molar-refractivity contribution in [2.75, 3.05) is 27.2 Å². The monoisotopic (exact) mass is 168 g/mol. The number of likely N-dealkylation sites (tertiary alicyclic amines) is 1. The average molecular weight is 168 g/mol. The first-order chi connectivity index (χ1) is 5.65. The van der Waals surface area contributed by atoms with Crippen molar-refractivity contribution in [3.63, 3.8) is 0 Å². The predicted octanol–water partition coefficient (Wildman–Crippen LogP) is 0.335. The lowest BCUT2D eigenvalue weighted by Crippen LogP contribution is -2.33. The molecule has 3 heteroatoms. The van der Waals surface area contributed by atoms with Crippen molar-refractivity contribution in [3.8, 4) is 0 Å². The SMILES string of the molecule is C=CC(=O)N1CCC(N(C)C)C1. The number of likely N-dealkylation sites (N-methyl/N-ethyl adjacent to an activating group) is 1. The minimum Gasteiger partial charge on any atom is -0.338 e. The van der Waals surface area contributed by atoms with E-state index in [2.05, 4.69) is 11.5 Å². The number of hydrogen-bond donors (Lipinski definition) is 0. The molecule has 0 aromatic rings. The summed E-state index contributed by atoms with van der Waals surface area (Å²) in [6.07, 6.45) is 2.46. The minimum atomic E-state index is 0.0550. The number of carbonyl (C=O) groups is 1. The van der Waals surface area contributed by atoms with Crippen LogP contribution in [0, 0.1) is 0 Å². The second kappa shape index (κ2) is 3.72. The molecule has 1 rings (SSSR count). The zero-order chi connectivity index (χ0) is 9.14. The lowest BCUT2D eigenvalue weighted by atomic mass is 10.2. The molecule has 0 aliphatic carbocycles. The largest absolute Gasteiger partial charge is 0.338 e. The molecule has 0 spiro atoms. The van der Waals surface area contributed by atoms with Gasteiger partial charge in [-0.1, -0.05) is 6.58 Å². The van der Waals surface area contributed by atoms with E-state index in [1.54, 1.807) is 0 Å². The fourth-order valence-electron chi connectivity index (χ4n) is 1.49. The van der Waals surface area contributed by atoms with Gasteiger partial charge in [0.1, 0.15) is 0 Å². The van der Waals surface area contributed by atoms with Crippen molar-refractivity contribution in [1.29, 1.82) is 0 Å². The van der Waals surface area contributed by atoms with Gasteiger partial charge >= 0.3 is 0 Å². The van der Waals surface area contributed by atoms with E-state index in [9.17, 15) is 4.79 Å². The Balaban J connectivity index is 2.45. The molecule has 1 fully saturated rings. The van der Waals surface area contributed by atoms with Gasteiger partial charge in [-0.15, -0.1) is 0 Å². The third kappa shape index (κ3) is 1.85. The van der Waals surface area contributed by atoms with E-state index in [1.165, 1.54) is 6.08 Å². The summed E-state index contributed by atoms with van der Waals surface area (Å²) in [5.41, 5.74) is 0. The number of hydrogen-bond acceptors (Lipinski definition) is 2. The highest BCUT2D eigenvalue weighted by atomic mass is 16.2. The fraction of sp³-hybridized carbons (Fsp3) is 0.667. The maximum atomic E-state index is 11.2. The lowest BCUT2D eigenvalue weighted by Gasteiger charge is -2.19. The molecule has 1 amide bonds. The first-order valence-electron chi connectivity index (χ1n) is 4.23. The standard InChI is InChI=1S/C9H16N2O/c1-4-9(12)11-6-5-8(7-11)10(2)3/h4,8H,1,5-7H2,2-3H3. The summed E-state index contributed by atoms with van der Waals surface area (Å²) in [4.78, 5) is 15.2. The Morgan fingerprint density at radius 2 is 2.33 bits per heavy atom. The van der Waals surface area contributed by atoms with Crippen molar-refractivity contribution >= 4 is 5.91 Å². The smallest absolute Gasteiger partial charge is 0.246 e. The molecule has 3 nitrogen and oxygen atoms in total. The molecule has 68 valence electrons. The van der Waals surface area contributed by atoms with E-state index < -0.39 is 0 Å². The highest BCUT2D eigenvalue weighted by Crippen LogP contribution is 2.12. The molecule has 1 atom stereocenters. The lowest BCUT2D eigenvalue weighted by molar-refractivity contribution is -0.125. The third-order valence-electron chi connectivity index (χ3n) is 2.38. The molecule has 0 saturated carbocycles. The molecule has 0 aromatic carbocycles. The Morgan fingerprint density at radius 1 is 1.67 bits per heavy atom. The van der Waals surface area contributed by atoms with Gasteiger partial charge in [-0.25, -0.2) is 0 Å². The summed E-state index contributed by atoms with van der Waals surface area (Å²) in [7, 11) is 4.10. The highest BCUT2D eigenvalue weighted by molar-refractivity contribution is 5.87. The van der Waals surface area contributed by atoms with Crippen LogP contribution in [0.1, 0.15) is 6.42 Å². The second-order valence-electron chi connectivity index (χ2n) is 3.39. The van der Waals surface area contributed by atoms with Crippen LogP contribution in [0.2, 0.25) is 0 Å². The molecule has 0 radical (unpaired) electrons. The van der Waals surface area contributed by atoms with Crippen LogP contribution < -0.4 is 0 Å². The van der Waals surface area contributed by atoms with Crippen LogP contribution in [0.4, 0.5) is 0 Å². The summed E-state index contributed by atoms with van der Waals surface area (Å²) >= 11 is 0. The van der Waals surface area contributed by atoms with Crippen molar-refractivity contribution in [3.05, 3.63) is 12.7 Å². The van der Waals surface area contributed by atoms with E-state index in [0.717, 1.165) is 19.5 Å². The number of carbonyl (C=O) groups excluding carboxylic acids is 1. The van der Waals surface area contributed by atoms with Crippen molar-refractivity contribution in [2.24, 2.45) is 0 Å². The molecule has 1 aliphatic rings. The zero-order valence-corrected chi connectivity index (χ0v) is 7.79. The van der Waals surface area contributed by atoms with Crippen LogP contribution in [0.3, 0.4) is 0 Å². The Bertz CT molecular complexity index is 189. The van der Waals surface area contributed by atoms with E-state index in [0.29, 0.717) is 6.04 Å². The molecule has 1 unspecified atom stereocenters. The Kier molecular flexibility index (Phi) is 2.87. The topological polar surface area (TPSA) is 23.6 Å². The van der Waals surface area contributed by atoms with E-state index in [1.807, 2.05) is 19.0 Å². The van der Waals surface area contributed by atoms with Crippen LogP contribution in [0.25, 0.3) is 0 Å². The van der Waals surface area contributed by atoms with E-state index >= 15 is 0 Å². The fourth-order valence-corrected chi connectivity index (χ4v) is 1.49.